The lowest BCUT2D eigenvalue weighted by Crippen LogP contribution is -2.30. The molecule has 82 valence electrons. The first kappa shape index (κ1) is 10.6. The molecule has 0 radical (unpaired) electrons. The molecule has 1 aliphatic rings. The van der Waals surface area contributed by atoms with Crippen LogP contribution in [0.5, 0.6) is 0 Å². The van der Waals surface area contributed by atoms with E-state index in [1.165, 1.54) is 18.4 Å². The number of benzene rings is 1. The van der Waals surface area contributed by atoms with Crippen molar-refractivity contribution in [2.75, 3.05) is 13.1 Å². The van der Waals surface area contributed by atoms with Gasteiger partial charge in [0, 0.05) is 0 Å². The molecule has 1 heterocycles. The maximum absolute atomic E-state index is 12.5. The van der Waals surface area contributed by atoms with E-state index < -0.39 is 0 Å². The van der Waals surface area contributed by atoms with Gasteiger partial charge in [0.25, 0.3) is 0 Å². The van der Waals surface area contributed by atoms with Crippen LogP contribution in [0.2, 0.25) is 0 Å². The molecule has 0 bridgehead atoms. The van der Waals surface area contributed by atoms with E-state index in [0.717, 1.165) is 31.0 Å². The average molecular weight is 207 g/mol. The van der Waals surface area contributed by atoms with Crippen molar-refractivity contribution in [1.82, 2.24) is 5.32 Å². The summed E-state index contributed by atoms with van der Waals surface area (Å²) in [5.74, 6) is 0.730. The van der Waals surface area contributed by atoms with Crippen molar-refractivity contribution in [3.05, 3.63) is 35.4 Å². The molecule has 0 amide bonds. The maximum atomic E-state index is 12.5. The summed E-state index contributed by atoms with van der Waals surface area (Å²) in [5.41, 5.74) is 2.08. The minimum atomic E-state index is -0.350. The first-order chi connectivity index (χ1) is 7.38. The lowest BCUT2D eigenvalue weighted by atomic mass is 9.92. The molecule has 1 aliphatic heterocycles. The van der Waals surface area contributed by atoms with Gasteiger partial charge in [0.1, 0.15) is 6.67 Å². The van der Waals surface area contributed by atoms with E-state index in [1.807, 2.05) is 18.2 Å². The zero-order chi connectivity index (χ0) is 10.5. The summed E-state index contributed by atoms with van der Waals surface area (Å²) in [6, 6.07) is 7.91. The summed E-state index contributed by atoms with van der Waals surface area (Å²) in [5, 5.41) is 3.41. The van der Waals surface area contributed by atoms with Crippen LogP contribution in [-0.4, -0.2) is 13.1 Å². The van der Waals surface area contributed by atoms with E-state index >= 15 is 0 Å². The molecule has 1 aromatic rings. The molecule has 1 saturated heterocycles. The molecule has 2 rings (SSSR count). The van der Waals surface area contributed by atoms with Gasteiger partial charge in [-0.1, -0.05) is 24.3 Å². The molecule has 1 fully saturated rings. The monoisotopic (exact) mass is 207 g/mol. The third-order valence-corrected chi connectivity index (χ3v) is 3.07. The summed E-state index contributed by atoms with van der Waals surface area (Å²) < 4.78 is 12.5. The second-order valence-electron chi connectivity index (χ2n) is 4.37. The molecule has 0 aliphatic carbocycles. The van der Waals surface area contributed by atoms with Crippen molar-refractivity contribution in [2.24, 2.45) is 5.92 Å². The minimum absolute atomic E-state index is 0.350. The highest BCUT2D eigenvalue weighted by atomic mass is 19.1. The maximum Gasteiger partial charge on any atom is 0.115 e. The molecular formula is C13H18FN. The molecule has 0 aromatic heterocycles. The molecular weight excluding hydrogens is 189 g/mol. The Morgan fingerprint density at radius 3 is 2.93 bits per heavy atom. The second kappa shape index (κ2) is 5.26. The summed E-state index contributed by atoms with van der Waals surface area (Å²) in [6.45, 7) is 1.91. The van der Waals surface area contributed by atoms with Crippen LogP contribution in [0.25, 0.3) is 0 Å². The predicted molar refractivity (Wildman–Crippen MR) is 60.6 cm³/mol. The highest BCUT2D eigenvalue weighted by molar-refractivity contribution is 5.23. The van der Waals surface area contributed by atoms with Gasteiger partial charge in [-0.2, -0.15) is 0 Å². The van der Waals surface area contributed by atoms with E-state index in [4.69, 9.17) is 0 Å². The van der Waals surface area contributed by atoms with Crippen molar-refractivity contribution in [3.8, 4) is 0 Å². The van der Waals surface area contributed by atoms with Gasteiger partial charge in [-0.05, 0) is 49.4 Å². The fourth-order valence-electron chi connectivity index (χ4n) is 2.27. The van der Waals surface area contributed by atoms with Gasteiger partial charge in [-0.3, -0.25) is 0 Å². The molecule has 15 heavy (non-hydrogen) atoms. The topological polar surface area (TPSA) is 12.0 Å². The Morgan fingerprint density at radius 1 is 1.33 bits per heavy atom. The van der Waals surface area contributed by atoms with Gasteiger partial charge in [-0.15, -0.1) is 0 Å². The largest absolute Gasteiger partial charge is 0.316 e. The molecule has 2 heteroatoms. The van der Waals surface area contributed by atoms with E-state index in [-0.39, 0.29) is 6.67 Å². The quantitative estimate of drug-likeness (QED) is 0.803. The zero-order valence-corrected chi connectivity index (χ0v) is 9.01. The van der Waals surface area contributed by atoms with Gasteiger partial charge in [-0.25, -0.2) is 4.39 Å². The van der Waals surface area contributed by atoms with Crippen LogP contribution >= 0.6 is 0 Å². The van der Waals surface area contributed by atoms with Crippen LogP contribution in [0.15, 0.2) is 24.3 Å². The normalized spacial score (nSPS) is 21.5. The van der Waals surface area contributed by atoms with E-state index in [2.05, 4.69) is 11.4 Å². The Hall–Kier alpha value is -0.890. The Labute approximate surface area is 90.7 Å². The molecule has 1 atom stereocenters. The van der Waals surface area contributed by atoms with E-state index in [1.54, 1.807) is 0 Å². The van der Waals surface area contributed by atoms with Gasteiger partial charge in [0.2, 0.25) is 0 Å². The zero-order valence-electron chi connectivity index (χ0n) is 9.01. The van der Waals surface area contributed by atoms with Crippen LogP contribution in [0.1, 0.15) is 24.0 Å². The summed E-state index contributed by atoms with van der Waals surface area (Å²) in [4.78, 5) is 0. The van der Waals surface area contributed by atoms with E-state index in [9.17, 15) is 4.39 Å². The number of nitrogens with one attached hydrogen (secondary N) is 1. The van der Waals surface area contributed by atoms with Gasteiger partial charge < -0.3 is 5.32 Å². The number of alkyl halides is 1. The molecule has 1 unspecified atom stereocenters. The van der Waals surface area contributed by atoms with Gasteiger partial charge in [0.05, 0.1) is 0 Å². The van der Waals surface area contributed by atoms with E-state index in [0.29, 0.717) is 0 Å². The fraction of sp³-hybridized carbons (Fsp3) is 0.538. The first-order valence-corrected chi connectivity index (χ1v) is 5.73. The highest BCUT2D eigenvalue weighted by Crippen LogP contribution is 2.17. The Morgan fingerprint density at radius 2 is 2.20 bits per heavy atom. The molecule has 1 nitrogen and oxygen atoms in total. The number of halogens is 1. The second-order valence-corrected chi connectivity index (χ2v) is 4.37. The summed E-state index contributed by atoms with van der Waals surface area (Å²) >= 11 is 0. The third-order valence-electron chi connectivity index (χ3n) is 3.07. The van der Waals surface area contributed by atoms with Crippen LogP contribution in [0, 0.1) is 5.92 Å². The molecule has 0 spiro atoms. The minimum Gasteiger partial charge on any atom is -0.316 e. The lowest BCUT2D eigenvalue weighted by molar-refractivity contribution is 0.376. The number of rotatable bonds is 3. The lowest BCUT2D eigenvalue weighted by Gasteiger charge is -2.22. The van der Waals surface area contributed by atoms with Crippen molar-refractivity contribution in [3.63, 3.8) is 0 Å². The average Bonchev–Trinajstić information content (AvgIpc) is 2.31. The number of hydrogen-bond acceptors (Lipinski definition) is 1. The van der Waals surface area contributed by atoms with Crippen molar-refractivity contribution in [2.45, 2.75) is 25.9 Å². The van der Waals surface area contributed by atoms with Crippen LogP contribution in [0.4, 0.5) is 4.39 Å². The fourth-order valence-corrected chi connectivity index (χ4v) is 2.27. The number of hydrogen-bond donors (Lipinski definition) is 1. The standard InChI is InChI=1S/C13H18FN/c14-9-12-4-1-3-11(7-12)8-13-5-2-6-15-10-13/h1,3-4,7,13,15H,2,5-6,8-10H2. The molecule has 1 N–H and O–H groups in total. The Bertz CT molecular complexity index is 305. The smallest absolute Gasteiger partial charge is 0.115 e. The number of piperidine rings is 1. The summed E-state index contributed by atoms with van der Waals surface area (Å²) in [7, 11) is 0. The first-order valence-electron chi connectivity index (χ1n) is 5.73. The van der Waals surface area contributed by atoms with Crippen LogP contribution in [-0.2, 0) is 13.1 Å². The Kier molecular flexibility index (Phi) is 3.73. The Balaban J connectivity index is 1.96. The van der Waals surface area contributed by atoms with Gasteiger partial charge in [0.15, 0.2) is 0 Å². The molecule has 0 saturated carbocycles. The van der Waals surface area contributed by atoms with Crippen molar-refractivity contribution in [1.29, 1.82) is 0 Å². The van der Waals surface area contributed by atoms with Crippen LogP contribution in [0.3, 0.4) is 0 Å². The van der Waals surface area contributed by atoms with Crippen molar-refractivity contribution < 1.29 is 4.39 Å². The third kappa shape index (κ3) is 3.03. The predicted octanol–water partition coefficient (Wildman–Crippen LogP) is 2.70. The van der Waals surface area contributed by atoms with Crippen LogP contribution < -0.4 is 5.32 Å². The van der Waals surface area contributed by atoms with Crippen molar-refractivity contribution >= 4 is 0 Å². The SMILES string of the molecule is FCc1cccc(CC2CCCNC2)c1. The van der Waals surface area contributed by atoms with Gasteiger partial charge >= 0.3 is 0 Å². The summed E-state index contributed by atoms with van der Waals surface area (Å²) in [6.07, 6.45) is 3.65. The molecule has 1 aromatic carbocycles. The highest BCUT2D eigenvalue weighted by Gasteiger charge is 2.13.